The predicted octanol–water partition coefficient (Wildman–Crippen LogP) is 1.49. The highest BCUT2D eigenvalue weighted by atomic mass is 79.9. The van der Waals surface area contributed by atoms with Gasteiger partial charge in [-0.1, -0.05) is 22.0 Å². The molecule has 7 heteroatoms. The molecule has 1 aromatic carbocycles. The molecule has 2 rings (SSSR count). The van der Waals surface area contributed by atoms with Crippen LogP contribution in [0.3, 0.4) is 0 Å². The summed E-state index contributed by atoms with van der Waals surface area (Å²) in [7, 11) is -3.49. The summed E-state index contributed by atoms with van der Waals surface area (Å²) in [6.07, 6.45) is 3.04. The maximum absolute atomic E-state index is 11.8. The van der Waals surface area contributed by atoms with Crippen LogP contribution >= 0.6 is 15.9 Å². The number of sulfonamides is 1. The summed E-state index contributed by atoms with van der Waals surface area (Å²) in [6, 6.07) is 7.09. The van der Waals surface area contributed by atoms with Gasteiger partial charge in [-0.25, -0.2) is 8.42 Å². The van der Waals surface area contributed by atoms with Crippen LogP contribution in [0.15, 0.2) is 28.7 Å². The molecule has 1 N–H and O–H groups in total. The fourth-order valence-corrected chi connectivity index (χ4v) is 2.90. The van der Waals surface area contributed by atoms with Gasteiger partial charge in [0.05, 0.1) is 11.9 Å². The summed E-state index contributed by atoms with van der Waals surface area (Å²) in [5.74, 6) is -0.270. The molecule has 0 aliphatic heterocycles. The molecule has 1 aromatic rings. The number of carbonyl (C=O) groups excluding carboxylic acids is 1. The largest absolute Gasteiger partial charge is 0.352 e. The van der Waals surface area contributed by atoms with Crippen LogP contribution in [0.1, 0.15) is 12.8 Å². The van der Waals surface area contributed by atoms with E-state index in [1.807, 2.05) is 0 Å². The van der Waals surface area contributed by atoms with Crippen LogP contribution in [-0.4, -0.2) is 33.2 Å². The molecule has 104 valence electrons. The van der Waals surface area contributed by atoms with Gasteiger partial charge in [0.1, 0.15) is 6.54 Å². The van der Waals surface area contributed by atoms with Crippen molar-refractivity contribution >= 4 is 37.5 Å². The first-order valence-electron chi connectivity index (χ1n) is 5.89. The molecule has 0 bridgehead atoms. The first-order chi connectivity index (χ1) is 8.86. The first kappa shape index (κ1) is 14.3. The molecular formula is C12H15BrN2O3S. The molecule has 0 saturated heterocycles. The van der Waals surface area contributed by atoms with E-state index in [-0.39, 0.29) is 18.5 Å². The summed E-state index contributed by atoms with van der Waals surface area (Å²) in [5, 5.41) is 2.78. The molecule has 0 heterocycles. The number of rotatable bonds is 5. The number of nitrogens with zero attached hydrogens (tertiary/aromatic N) is 1. The molecule has 1 aliphatic rings. The predicted molar refractivity (Wildman–Crippen MR) is 77.5 cm³/mol. The van der Waals surface area contributed by atoms with Crippen molar-refractivity contribution in [3.8, 4) is 0 Å². The zero-order chi connectivity index (χ0) is 14.0. The van der Waals surface area contributed by atoms with E-state index >= 15 is 0 Å². The number of anilines is 1. The number of halogens is 1. The lowest BCUT2D eigenvalue weighted by molar-refractivity contribution is -0.119. The third kappa shape index (κ3) is 4.21. The number of carbonyl (C=O) groups is 1. The highest BCUT2D eigenvalue weighted by Gasteiger charge is 2.26. The Hall–Kier alpha value is -1.08. The lowest BCUT2D eigenvalue weighted by atomic mass is 10.3. The molecule has 0 spiro atoms. The van der Waals surface area contributed by atoms with Gasteiger partial charge in [0.2, 0.25) is 15.9 Å². The van der Waals surface area contributed by atoms with Crippen molar-refractivity contribution < 1.29 is 13.2 Å². The molecule has 0 radical (unpaired) electrons. The Kier molecular flexibility index (Phi) is 4.15. The minimum absolute atomic E-state index is 0.189. The van der Waals surface area contributed by atoms with E-state index in [0.717, 1.165) is 27.9 Å². The maximum Gasteiger partial charge on any atom is 0.240 e. The van der Waals surface area contributed by atoms with Gasteiger partial charge in [0, 0.05) is 10.5 Å². The minimum Gasteiger partial charge on any atom is -0.352 e. The second kappa shape index (κ2) is 5.50. The van der Waals surface area contributed by atoms with Crippen molar-refractivity contribution in [1.82, 2.24) is 5.32 Å². The van der Waals surface area contributed by atoms with Gasteiger partial charge in [0.15, 0.2) is 0 Å². The van der Waals surface area contributed by atoms with Crippen LogP contribution < -0.4 is 9.62 Å². The van der Waals surface area contributed by atoms with E-state index in [9.17, 15) is 13.2 Å². The number of nitrogens with one attached hydrogen (secondary N) is 1. The van der Waals surface area contributed by atoms with Gasteiger partial charge in [-0.2, -0.15) is 0 Å². The third-order valence-electron chi connectivity index (χ3n) is 2.73. The molecule has 1 amide bonds. The molecule has 0 atom stereocenters. The smallest absolute Gasteiger partial charge is 0.240 e. The number of hydrogen-bond acceptors (Lipinski definition) is 3. The number of hydrogen-bond donors (Lipinski definition) is 1. The standard InChI is InChI=1S/C12H15BrN2O3S/c1-19(17,18)15(8-12(16)14-10-5-6-10)11-4-2-3-9(13)7-11/h2-4,7,10H,5-6,8H2,1H3,(H,14,16). The molecule has 5 nitrogen and oxygen atoms in total. The van der Waals surface area contributed by atoms with Crippen molar-refractivity contribution in [3.63, 3.8) is 0 Å². The van der Waals surface area contributed by atoms with Crippen molar-refractivity contribution in [1.29, 1.82) is 0 Å². The summed E-state index contributed by atoms with van der Waals surface area (Å²) >= 11 is 3.29. The Morgan fingerprint density at radius 2 is 2.16 bits per heavy atom. The lowest BCUT2D eigenvalue weighted by Crippen LogP contribution is -2.41. The molecular weight excluding hydrogens is 332 g/mol. The van der Waals surface area contributed by atoms with Crippen LogP contribution in [0, 0.1) is 0 Å². The summed E-state index contributed by atoms with van der Waals surface area (Å²) in [4.78, 5) is 11.8. The highest BCUT2D eigenvalue weighted by Crippen LogP contribution is 2.22. The van der Waals surface area contributed by atoms with Gasteiger partial charge >= 0.3 is 0 Å². The number of amides is 1. The maximum atomic E-state index is 11.8. The normalized spacial score (nSPS) is 15.1. The van der Waals surface area contributed by atoms with Crippen LogP contribution in [0.4, 0.5) is 5.69 Å². The zero-order valence-electron chi connectivity index (χ0n) is 10.5. The van der Waals surface area contributed by atoms with E-state index < -0.39 is 10.0 Å². The second-order valence-corrected chi connectivity index (χ2v) is 7.41. The first-order valence-corrected chi connectivity index (χ1v) is 8.53. The molecule has 19 heavy (non-hydrogen) atoms. The monoisotopic (exact) mass is 346 g/mol. The third-order valence-corrected chi connectivity index (χ3v) is 4.36. The number of benzene rings is 1. The average Bonchev–Trinajstić information content (AvgIpc) is 3.08. The molecule has 0 aromatic heterocycles. The fourth-order valence-electron chi connectivity index (χ4n) is 1.66. The Morgan fingerprint density at radius 3 is 2.68 bits per heavy atom. The summed E-state index contributed by atoms with van der Waals surface area (Å²) in [6.45, 7) is -0.189. The van der Waals surface area contributed by atoms with Crippen LogP contribution in [0.2, 0.25) is 0 Å². The highest BCUT2D eigenvalue weighted by molar-refractivity contribution is 9.10. The van der Waals surface area contributed by atoms with Gasteiger partial charge < -0.3 is 5.32 Å². The van der Waals surface area contributed by atoms with E-state index in [2.05, 4.69) is 21.2 Å². The molecule has 1 saturated carbocycles. The Labute approximate surface area is 121 Å². The Balaban J connectivity index is 2.18. The average molecular weight is 347 g/mol. The van der Waals surface area contributed by atoms with Crippen molar-refractivity contribution in [2.45, 2.75) is 18.9 Å². The van der Waals surface area contributed by atoms with Gasteiger partial charge in [0.25, 0.3) is 0 Å². The van der Waals surface area contributed by atoms with Crippen LogP contribution in [0.5, 0.6) is 0 Å². The van der Waals surface area contributed by atoms with E-state index in [1.54, 1.807) is 24.3 Å². The second-order valence-electron chi connectivity index (χ2n) is 4.59. The molecule has 1 aliphatic carbocycles. The topological polar surface area (TPSA) is 66.5 Å². The Bertz CT molecular complexity index is 584. The quantitative estimate of drug-likeness (QED) is 0.878. The Morgan fingerprint density at radius 1 is 1.47 bits per heavy atom. The van der Waals surface area contributed by atoms with E-state index in [0.29, 0.717) is 5.69 Å². The van der Waals surface area contributed by atoms with Crippen LogP contribution in [0.25, 0.3) is 0 Å². The van der Waals surface area contributed by atoms with Gasteiger partial charge in [-0.3, -0.25) is 9.10 Å². The van der Waals surface area contributed by atoms with E-state index in [4.69, 9.17) is 0 Å². The van der Waals surface area contributed by atoms with E-state index in [1.165, 1.54) is 0 Å². The minimum atomic E-state index is -3.49. The molecule has 1 fully saturated rings. The van der Waals surface area contributed by atoms with Gasteiger partial charge in [-0.05, 0) is 31.0 Å². The fraction of sp³-hybridized carbons (Fsp3) is 0.417. The SMILES string of the molecule is CS(=O)(=O)N(CC(=O)NC1CC1)c1cccc(Br)c1. The zero-order valence-corrected chi connectivity index (χ0v) is 12.9. The van der Waals surface area contributed by atoms with Crippen LogP contribution in [-0.2, 0) is 14.8 Å². The summed E-state index contributed by atoms with van der Waals surface area (Å²) in [5.41, 5.74) is 0.475. The van der Waals surface area contributed by atoms with Crippen molar-refractivity contribution in [2.24, 2.45) is 0 Å². The van der Waals surface area contributed by atoms with Gasteiger partial charge in [-0.15, -0.1) is 0 Å². The van der Waals surface area contributed by atoms with Crippen molar-refractivity contribution in [3.05, 3.63) is 28.7 Å². The molecule has 0 unspecified atom stereocenters. The van der Waals surface area contributed by atoms with Crippen molar-refractivity contribution in [2.75, 3.05) is 17.1 Å². The summed E-state index contributed by atoms with van der Waals surface area (Å²) < 4.78 is 25.5. The lowest BCUT2D eigenvalue weighted by Gasteiger charge is -2.22.